The van der Waals surface area contributed by atoms with Crippen LogP contribution in [0.5, 0.6) is 0 Å². The largest absolute Gasteiger partial charge is 0.363 e. The summed E-state index contributed by atoms with van der Waals surface area (Å²) < 4.78 is 7.49. The summed E-state index contributed by atoms with van der Waals surface area (Å²) in [5.74, 6) is 0.811. The van der Waals surface area contributed by atoms with Gasteiger partial charge in [0.05, 0.1) is 30.1 Å². The van der Waals surface area contributed by atoms with Crippen LogP contribution in [-0.2, 0) is 11.3 Å². The zero-order chi connectivity index (χ0) is 28.4. The van der Waals surface area contributed by atoms with Crippen LogP contribution in [0, 0.1) is 22.0 Å². The second-order valence-corrected chi connectivity index (χ2v) is 11.4. The maximum absolute atomic E-state index is 13.8. The summed E-state index contributed by atoms with van der Waals surface area (Å²) in [6, 6.07) is 26.5. The Hall–Kier alpha value is -4.20. The summed E-state index contributed by atoms with van der Waals surface area (Å²) in [5.41, 5.74) is 3.60. The lowest BCUT2D eigenvalue weighted by molar-refractivity contribution is -0.966. The van der Waals surface area contributed by atoms with Crippen molar-refractivity contribution in [2.24, 2.45) is 11.8 Å². The second kappa shape index (κ2) is 11.4. The Kier molecular flexibility index (Phi) is 7.47. The van der Waals surface area contributed by atoms with E-state index in [0.29, 0.717) is 35.0 Å². The summed E-state index contributed by atoms with van der Waals surface area (Å²) in [7, 11) is 0. The minimum absolute atomic E-state index is 0.00513. The van der Waals surface area contributed by atoms with Gasteiger partial charge in [0.1, 0.15) is 18.7 Å². The van der Waals surface area contributed by atoms with E-state index in [4.69, 9.17) is 4.74 Å². The number of ether oxygens (including phenoxy) is 1. The number of fused-ring (bicyclic) bond motifs is 4. The van der Waals surface area contributed by atoms with E-state index in [1.165, 1.54) is 12.1 Å². The molecule has 7 nitrogen and oxygen atoms in total. The topological polar surface area (TPSA) is 82.3 Å². The summed E-state index contributed by atoms with van der Waals surface area (Å²) in [6.07, 6.45) is 5.63. The molecule has 3 saturated heterocycles. The fourth-order valence-electron chi connectivity index (χ4n) is 7.04. The van der Waals surface area contributed by atoms with Gasteiger partial charge < -0.3 is 9.22 Å². The number of ketones is 1. The Morgan fingerprint density at radius 3 is 2.59 bits per heavy atom. The number of carbonyl (C=O) groups excluding carboxylic acids is 1. The third-order valence-corrected chi connectivity index (χ3v) is 9.15. The van der Waals surface area contributed by atoms with E-state index in [2.05, 4.69) is 41.9 Å². The van der Waals surface area contributed by atoms with Crippen molar-refractivity contribution < 1.29 is 18.9 Å². The second-order valence-electron chi connectivity index (χ2n) is 11.4. The van der Waals surface area contributed by atoms with Crippen molar-refractivity contribution >= 4 is 22.4 Å². The van der Waals surface area contributed by atoms with Gasteiger partial charge in [0.2, 0.25) is 5.78 Å². The molecule has 0 N–H and O–H groups in total. The Labute approximate surface area is 239 Å². The Morgan fingerprint density at radius 2 is 1.83 bits per heavy atom. The highest BCUT2D eigenvalue weighted by atomic mass is 16.6. The number of hydrogen-bond donors (Lipinski definition) is 0. The maximum atomic E-state index is 13.8. The van der Waals surface area contributed by atoms with E-state index in [-0.39, 0.29) is 23.6 Å². The van der Waals surface area contributed by atoms with Gasteiger partial charge in [0.25, 0.3) is 5.69 Å². The fourth-order valence-corrected chi connectivity index (χ4v) is 7.04. The van der Waals surface area contributed by atoms with Crippen molar-refractivity contribution in [3.05, 3.63) is 131 Å². The number of para-hydroxylation sites is 1. The molecule has 4 aromatic rings. The molecule has 0 amide bonds. The molecule has 3 aliphatic heterocycles. The predicted octanol–water partition coefficient (Wildman–Crippen LogP) is 6.70. The van der Waals surface area contributed by atoms with Gasteiger partial charge in [0, 0.05) is 48.0 Å². The molecule has 5 atom stereocenters. The SMILES string of the molecule is C=C[C@H]1C[N@+]2(CC(=O)c3ccc([N+](=O)[O-])cc3)CC[C@H]1C[C@H]2[C@H](OCc1ccccc1)c1ccnc2ccccc12. The number of nitro groups is 1. The van der Waals surface area contributed by atoms with Crippen molar-refractivity contribution in [2.75, 3.05) is 19.6 Å². The van der Waals surface area contributed by atoms with Crippen LogP contribution in [0.25, 0.3) is 10.9 Å². The number of non-ortho nitro benzene ring substituents is 1. The molecule has 0 radical (unpaired) electrons. The number of quaternary nitrogens is 1. The van der Waals surface area contributed by atoms with Gasteiger partial charge >= 0.3 is 0 Å². The lowest BCUT2D eigenvalue weighted by atomic mass is 9.71. The van der Waals surface area contributed by atoms with Crippen LogP contribution in [0.3, 0.4) is 0 Å². The van der Waals surface area contributed by atoms with E-state index in [1.807, 2.05) is 42.6 Å². The third-order valence-electron chi connectivity index (χ3n) is 9.15. The fraction of sp³-hybridized carbons (Fsp3) is 0.294. The smallest absolute Gasteiger partial charge is 0.269 e. The highest BCUT2D eigenvalue weighted by Gasteiger charge is 2.55. The standard InChI is InChI=1S/C34H34N3O4/c1-2-25-21-37(22-33(38)26-12-14-28(15-13-26)36(39)40)19-17-27(25)20-32(37)34(41-23-24-8-4-3-5-9-24)30-16-18-35-31-11-7-6-10-29(30)31/h2-16,18,25,27,32,34H,1,17,19-23H2/q+1/t25-,27-,32-,34+,37-/m0/s1. The van der Waals surface area contributed by atoms with Gasteiger partial charge in [-0.05, 0) is 41.3 Å². The number of nitrogens with zero attached hydrogens (tertiary/aromatic N) is 3. The molecule has 3 aliphatic rings. The Bertz CT molecular complexity index is 1570. The first kappa shape index (κ1) is 27.0. The highest BCUT2D eigenvalue weighted by Crippen LogP contribution is 2.48. The van der Waals surface area contributed by atoms with E-state index in [1.54, 1.807) is 12.1 Å². The molecule has 3 fully saturated rings. The number of piperidine rings is 3. The van der Waals surface area contributed by atoms with Gasteiger partial charge in [-0.3, -0.25) is 19.9 Å². The molecular weight excluding hydrogens is 514 g/mol. The molecule has 7 heteroatoms. The van der Waals surface area contributed by atoms with Crippen LogP contribution >= 0.6 is 0 Å². The number of Topliss-reactive ketones (excluding diaryl/α,β-unsaturated/α-hetero) is 1. The molecule has 3 aromatic carbocycles. The number of carbonyl (C=O) groups is 1. The lowest BCUT2D eigenvalue weighted by Gasteiger charge is -2.58. The van der Waals surface area contributed by atoms with Gasteiger partial charge in [-0.2, -0.15) is 0 Å². The first-order chi connectivity index (χ1) is 20.0. The third kappa shape index (κ3) is 5.31. The number of rotatable bonds is 10. The molecule has 2 bridgehead atoms. The molecule has 0 unspecified atom stereocenters. The van der Waals surface area contributed by atoms with E-state index >= 15 is 0 Å². The Morgan fingerprint density at radius 1 is 1.07 bits per heavy atom. The van der Waals surface area contributed by atoms with Gasteiger partial charge in [-0.15, -0.1) is 6.58 Å². The molecule has 1 aromatic heterocycles. The number of pyridine rings is 1. The molecule has 0 aliphatic carbocycles. The van der Waals surface area contributed by atoms with E-state index < -0.39 is 4.92 Å². The van der Waals surface area contributed by atoms with Gasteiger partial charge in [-0.25, -0.2) is 0 Å². The zero-order valence-electron chi connectivity index (χ0n) is 23.0. The molecule has 41 heavy (non-hydrogen) atoms. The van der Waals surface area contributed by atoms with Crippen molar-refractivity contribution in [2.45, 2.75) is 31.6 Å². The van der Waals surface area contributed by atoms with E-state index in [9.17, 15) is 14.9 Å². The van der Waals surface area contributed by atoms with Crippen molar-refractivity contribution in [3.63, 3.8) is 0 Å². The van der Waals surface area contributed by atoms with Crippen molar-refractivity contribution in [3.8, 4) is 0 Å². The zero-order valence-corrected chi connectivity index (χ0v) is 23.0. The monoisotopic (exact) mass is 548 g/mol. The van der Waals surface area contributed by atoms with Gasteiger partial charge in [-0.1, -0.05) is 54.6 Å². The average Bonchev–Trinajstić information content (AvgIpc) is 3.02. The quantitative estimate of drug-likeness (QED) is 0.0725. The summed E-state index contributed by atoms with van der Waals surface area (Å²) in [6.45, 7) is 6.63. The van der Waals surface area contributed by atoms with Crippen LogP contribution in [0.15, 0.2) is 104 Å². The molecule has 0 saturated carbocycles. The average molecular weight is 549 g/mol. The molecular formula is C34H34N3O4+. The number of nitro benzene ring substituents is 1. The summed E-state index contributed by atoms with van der Waals surface area (Å²) in [4.78, 5) is 29.1. The number of hydrogen-bond acceptors (Lipinski definition) is 5. The summed E-state index contributed by atoms with van der Waals surface area (Å²) >= 11 is 0. The van der Waals surface area contributed by atoms with E-state index in [0.717, 1.165) is 48.0 Å². The van der Waals surface area contributed by atoms with Crippen LogP contribution in [0.4, 0.5) is 5.69 Å². The van der Waals surface area contributed by atoms with Crippen molar-refractivity contribution in [1.29, 1.82) is 0 Å². The van der Waals surface area contributed by atoms with Crippen LogP contribution < -0.4 is 0 Å². The molecule has 4 heterocycles. The minimum Gasteiger partial charge on any atom is -0.363 e. The first-order valence-corrected chi connectivity index (χ1v) is 14.2. The van der Waals surface area contributed by atoms with Crippen LogP contribution in [0.2, 0.25) is 0 Å². The molecule has 7 rings (SSSR count). The normalized spacial score (nSPS) is 24.1. The molecule has 0 spiro atoms. The first-order valence-electron chi connectivity index (χ1n) is 14.2. The number of benzene rings is 3. The maximum Gasteiger partial charge on any atom is 0.269 e. The lowest BCUT2D eigenvalue weighted by Crippen LogP contribution is -2.69. The highest BCUT2D eigenvalue weighted by molar-refractivity contribution is 5.97. The van der Waals surface area contributed by atoms with Crippen molar-refractivity contribution in [1.82, 2.24) is 4.98 Å². The minimum atomic E-state index is -0.441. The molecule has 208 valence electrons. The van der Waals surface area contributed by atoms with Gasteiger partial charge in [0.15, 0.2) is 0 Å². The Balaban J connectivity index is 1.40. The van der Waals surface area contributed by atoms with Crippen LogP contribution in [0.1, 0.15) is 40.4 Å². The predicted molar refractivity (Wildman–Crippen MR) is 158 cm³/mol. The summed E-state index contributed by atoms with van der Waals surface area (Å²) in [5, 5.41) is 12.2. The number of aromatic nitrogens is 1. The van der Waals surface area contributed by atoms with Crippen LogP contribution in [-0.4, -0.2) is 45.8 Å².